The van der Waals surface area contributed by atoms with Crippen molar-refractivity contribution in [2.45, 2.75) is 105 Å². The lowest BCUT2D eigenvalue weighted by Gasteiger charge is -2.46. The maximum Gasteiger partial charge on any atom is 0.302 e. The smallest absolute Gasteiger partial charge is 0.302 e. The fourth-order valence-electron chi connectivity index (χ4n) is 7.50. The van der Waals surface area contributed by atoms with Gasteiger partial charge in [-0.15, -0.1) is 0 Å². The summed E-state index contributed by atoms with van der Waals surface area (Å²) in [6, 6.07) is 21.3. The van der Waals surface area contributed by atoms with E-state index in [-0.39, 0.29) is 22.2 Å². The van der Waals surface area contributed by atoms with E-state index in [2.05, 4.69) is 102 Å². The van der Waals surface area contributed by atoms with Gasteiger partial charge in [0.25, 0.3) is 8.32 Å². The van der Waals surface area contributed by atoms with Gasteiger partial charge in [0.2, 0.25) is 0 Å². The van der Waals surface area contributed by atoms with E-state index in [0.29, 0.717) is 25.4 Å². The highest BCUT2D eigenvalue weighted by Gasteiger charge is 2.55. The summed E-state index contributed by atoms with van der Waals surface area (Å²) in [4.78, 5) is 26.6. The summed E-state index contributed by atoms with van der Waals surface area (Å²) in [6.07, 6.45) is 4.57. The van der Waals surface area contributed by atoms with Crippen LogP contribution < -0.4 is 10.4 Å². The van der Waals surface area contributed by atoms with E-state index in [1.165, 1.54) is 22.9 Å². The van der Waals surface area contributed by atoms with Crippen LogP contribution in [-0.4, -0.2) is 32.8 Å². The number of carbonyl (C=O) groups is 2. The van der Waals surface area contributed by atoms with Crippen molar-refractivity contribution in [3.63, 3.8) is 0 Å². The first-order valence-corrected chi connectivity index (χ1v) is 17.4. The Bertz CT molecular complexity index is 1220. The molecule has 0 N–H and O–H groups in total. The van der Waals surface area contributed by atoms with Gasteiger partial charge < -0.3 is 9.16 Å². The Hall–Kier alpha value is -2.50. The van der Waals surface area contributed by atoms with E-state index in [0.717, 1.165) is 31.3 Å². The zero-order chi connectivity index (χ0) is 30.1. The summed E-state index contributed by atoms with van der Waals surface area (Å²) in [7, 11) is -2.66. The summed E-state index contributed by atoms with van der Waals surface area (Å²) in [6.45, 7) is 17.5. The summed E-state index contributed by atoms with van der Waals surface area (Å²) < 4.78 is 13.1. The Labute approximate surface area is 249 Å². The van der Waals surface area contributed by atoms with Crippen LogP contribution in [0.1, 0.15) is 93.9 Å². The van der Waals surface area contributed by atoms with Crippen LogP contribution in [0.5, 0.6) is 0 Å². The van der Waals surface area contributed by atoms with Gasteiger partial charge in [0.15, 0.2) is 5.78 Å². The highest BCUT2D eigenvalue weighted by Crippen LogP contribution is 2.57. The molecule has 2 aromatic rings. The minimum absolute atomic E-state index is 0.0522. The minimum atomic E-state index is -2.66. The molecule has 0 aliphatic heterocycles. The topological polar surface area (TPSA) is 52.6 Å². The average molecular weight is 575 g/mol. The van der Waals surface area contributed by atoms with Crippen LogP contribution in [-0.2, 0) is 18.8 Å². The van der Waals surface area contributed by atoms with Gasteiger partial charge >= 0.3 is 5.97 Å². The highest BCUT2D eigenvalue weighted by atomic mass is 28.4. The summed E-state index contributed by atoms with van der Waals surface area (Å²) in [5.41, 5.74) is 1.56. The SMILES string of the molecule is CC(=O)O[C@H](CCCO[Si](c1ccccc1)(c1ccccc1)C(C)(C)C)[C@]1(C)CC[C@@]2(C)CCC(C(C)C)=C2C1=O. The van der Waals surface area contributed by atoms with Gasteiger partial charge in [-0.3, -0.25) is 9.59 Å². The minimum Gasteiger partial charge on any atom is -0.461 e. The molecule has 0 bridgehead atoms. The monoisotopic (exact) mass is 574 g/mol. The molecule has 0 heterocycles. The summed E-state index contributed by atoms with van der Waals surface area (Å²) in [5.74, 6) is 0.228. The molecule has 3 atom stereocenters. The number of carbonyl (C=O) groups excluding carboxylic acids is 2. The highest BCUT2D eigenvalue weighted by molar-refractivity contribution is 6.99. The van der Waals surface area contributed by atoms with Gasteiger partial charge in [-0.1, -0.05) is 108 Å². The predicted octanol–water partition coefficient (Wildman–Crippen LogP) is 7.40. The maximum atomic E-state index is 14.3. The molecule has 2 aliphatic carbocycles. The molecule has 4 nitrogen and oxygen atoms in total. The number of hydrogen-bond acceptors (Lipinski definition) is 4. The van der Waals surface area contributed by atoms with Crippen molar-refractivity contribution in [2.24, 2.45) is 16.7 Å². The van der Waals surface area contributed by atoms with E-state index in [4.69, 9.17) is 9.16 Å². The number of Topliss-reactive ketones (excluding diaryl/α,β-unsaturated/α-hetero) is 1. The number of esters is 1. The number of ketones is 1. The second-order valence-electron chi connectivity index (χ2n) is 14.1. The third kappa shape index (κ3) is 5.90. The third-order valence-electron chi connectivity index (χ3n) is 9.87. The van der Waals surface area contributed by atoms with Crippen molar-refractivity contribution in [1.82, 2.24) is 0 Å². The van der Waals surface area contributed by atoms with Gasteiger partial charge in [0, 0.05) is 19.1 Å². The predicted molar refractivity (Wildman–Crippen MR) is 170 cm³/mol. The lowest BCUT2D eigenvalue weighted by Crippen LogP contribution is -2.66. The Morgan fingerprint density at radius 3 is 1.98 bits per heavy atom. The second-order valence-corrected chi connectivity index (χ2v) is 18.4. The Balaban J connectivity index is 1.60. The van der Waals surface area contributed by atoms with Crippen molar-refractivity contribution in [2.75, 3.05) is 6.61 Å². The molecule has 0 unspecified atom stereocenters. The fraction of sp³-hybridized carbons (Fsp3) is 0.556. The van der Waals surface area contributed by atoms with Crippen molar-refractivity contribution in [1.29, 1.82) is 0 Å². The van der Waals surface area contributed by atoms with Crippen LogP contribution in [0.2, 0.25) is 5.04 Å². The standard InChI is InChI=1S/C36H50O4Si/c1-26(2)30-21-22-35(7)23-24-36(8,33(38)32(30)35)31(40-27(3)37)20-15-25-39-41(34(4,5)6,28-16-11-9-12-17-28)29-18-13-10-14-19-29/h9-14,16-19,26,31H,15,20-25H2,1-8H3/t31-,35-,36+/m1/s1. The normalized spacial score (nSPS) is 24.0. The van der Waals surface area contributed by atoms with Crippen LogP contribution in [0.25, 0.3) is 0 Å². The molecule has 0 saturated heterocycles. The molecule has 5 heteroatoms. The zero-order valence-corrected chi connectivity index (χ0v) is 27.5. The molecule has 41 heavy (non-hydrogen) atoms. The number of allylic oxidation sites excluding steroid dienone is 2. The number of ether oxygens (including phenoxy) is 1. The van der Waals surface area contributed by atoms with E-state index >= 15 is 0 Å². The molecular formula is C36H50O4Si. The van der Waals surface area contributed by atoms with E-state index in [1.807, 2.05) is 6.92 Å². The Morgan fingerprint density at radius 1 is 0.927 bits per heavy atom. The van der Waals surface area contributed by atoms with Gasteiger partial charge in [-0.2, -0.15) is 0 Å². The van der Waals surface area contributed by atoms with Gasteiger partial charge in [0.1, 0.15) is 6.10 Å². The van der Waals surface area contributed by atoms with Gasteiger partial charge in [-0.25, -0.2) is 0 Å². The number of fused-ring (bicyclic) bond motifs is 1. The van der Waals surface area contributed by atoms with Crippen LogP contribution in [0.15, 0.2) is 71.8 Å². The van der Waals surface area contributed by atoms with Crippen molar-refractivity contribution in [3.8, 4) is 0 Å². The lowest BCUT2D eigenvalue weighted by molar-refractivity contribution is -0.159. The van der Waals surface area contributed by atoms with Crippen LogP contribution >= 0.6 is 0 Å². The first-order chi connectivity index (χ1) is 19.3. The van der Waals surface area contributed by atoms with E-state index in [1.54, 1.807) is 0 Å². The molecule has 2 aliphatic rings. The Kier molecular flexibility index (Phi) is 9.21. The molecule has 0 amide bonds. The summed E-state index contributed by atoms with van der Waals surface area (Å²) in [5, 5.41) is 2.39. The molecule has 4 rings (SSSR count). The fourth-order valence-corrected chi connectivity index (χ4v) is 12.1. The summed E-state index contributed by atoms with van der Waals surface area (Å²) >= 11 is 0. The maximum absolute atomic E-state index is 14.3. The number of benzene rings is 2. The first-order valence-electron chi connectivity index (χ1n) is 15.5. The zero-order valence-electron chi connectivity index (χ0n) is 26.5. The Morgan fingerprint density at radius 2 is 1.49 bits per heavy atom. The van der Waals surface area contributed by atoms with Gasteiger partial charge in [0.05, 0.1) is 5.41 Å². The molecular weight excluding hydrogens is 524 g/mol. The first kappa shape index (κ1) is 31.4. The van der Waals surface area contributed by atoms with Crippen molar-refractivity contribution < 1.29 is 18.8 Å². The van der Waals surface area contributed by atoms with Crippen LogP contribution in [0.4, 0.5) is 0 Å². The molecule has 0 radical (unpaired) electrons. The molecule has 1 saturated carbocycles. The molecule has 0 spiro atoms. The van der Waals surface area contributed by atoms with E-state index in [9.17, 15) is 9.59 Å². The molecule has 2 aromatic carbocycles. The average Bonchev–Trinajstić information content (AvgIpc) is 3.29. The molecule has 222 valence electrons. The van der Waals surface area contributed by atoms with Crippen LogP contribution in [0.3, 0.4) is 0 Å². The van der Waals surface area contributed by atoms with E-state index < -0.39 is 19.8 Å². The van der Waals surface area contributed by atoms with Crippen LogP contribution in [0, 0.1) is 16.7 Å². The quantitative estimate of drug-likeness (QED) is 0.169. The molecule has 0 aromatic heterocycles. The molecule has 1 fully saturated rings. The van der Waals surface area contributed by atoms with Crippen molar-refractivity contribution in [3.05, 3.63) is 71.8 Å². The number of hydrogen-bond donors (Lipinski definition) is 0. The largest absolute Gasteiger partial charge is 0.461 e. The third-order valence-corrected chi connectivity index (χ3v) is 14.9. The number of rotatable bonds is 10. The van der Waals surface area contributed by atoms with Gasteiger partial charge in [-0.05, 0) is 72.2 Å². The lowest BCUT2D eigenvalue weighted by atomic mass is 9.59. The second kappa shape index (κ2) is 12.0. The van der Waals surface area contributed by atoms with Crippen molar-refractivity contribution >= 4 is 30.4 Å².